The van der Waals surface area contributed by atoms with Crippen LogP contribution in [-0.4, -0.2) is 40.1 Å². The van der Waals surface area contributed by atoms with Crippen molar-refractivity contribution in [1.82, 2.24) is 15.4 Å². The van der Waals surface area contributed by atoms with Gasteiger partial charge in [-0.1, -0.05) is 47.0 Å². The van der Waals surface area contributed by atoms with Gasteiger partial charge in [0.1, 0.15) is 6.04 Å². The molecule has 180 valence electrons. The minimum Gasteiger partial charge on any atom is -0.468 e. The molecule has 0 saturated heterocycles. The molecule has 0 aliphatic heterocycles. The van der Waals surface area contributed by atoms with Gasteiger partial charge in [0.05, 0.1) is 12.0 Å². The lowest BCUT2D eigenvalue weighted by molar-refractivity contribution is -0.142. The third kappa shape index (κ3) is 8.85. The molecule has 2 rings (SSSR count). The molecule has 11 heteroatoms. The van der Waals surface area contributed by atoms with Crippen molar-refractivity contribution in [2.45, 2.75) is 43.7 Å². The largest absolute Gasteiger partial charge is 0.468 e. The van der Waals surface area contributed by atoms with E-state index in [-0.39, 0.29) is 23.9 Å². The number of amides is 2. The smallest absolute Gasteiger partial charge is 0.323 e. The monoisotopic (exact) mass is 515 g/mol. The highest BCUT2D eigenvalue weighted by Gasteiger charge is 2.26. The summed E-state index contributed by atoms with van der Waals surface area (Å²) in [4.78, 5) is 24.1. The molecule has 0 bridgehead atoms. The summed E-state index contributed by atoms with van der Waals surface area (Å²) in [5.74, 6) is -0.670. The third-order valence-corrected chi connectivity index (χ3v) is 6.85. The van der Waals surface area contributed by atoms with E-state index in [9.17, 15) is 18.0 Å². The minimum atomic E-state index is -3.88. The van der Waals surface area contributed by atoms with Crippen LogP contribution in [0.2, 0.25) is 10.0 Å². The number of halogens is 2. The molecular formula is C22H27Cl2N3O5S. The molecule has 1 atom stereocenters. The van der Waals surface area contributed by atoms with E-state index in [4.69, 9.17) is 27.9 Å². The van der Waals surface area contributed by atoms with E-state index in [0.717, 1.165) is 11.1 Å². The van der Waals surface area contributed by atoms with E-state index < -0.39 is 22.0 Å². The summed E-state index contributed by atoms with van der Waals surface area (Å²) in [6.07, 6.45) is 1.25. The molecule has 0 heterocycles. The van der Waals surface area contributed by atoms with Crippen LogP contribution in [0.1, 0.15) is 30.4 Å². The van der Waals surface area contributed by atoms with E-state index in [1.165, 1.54) is 19.2 Å². The van der Waals surface area contributed by atoms with Gasteiger partial charge in [-0.2, -0.15) is 4.72 Å². The number of hydrogen-bond donors (Lipinski definition) is 3. The van der Waals surface area contributed by atoms with Gasteiger partial charge in [-0.15, -0.1) is 0 Å². The van der Waals surface area contributed by atoms with Crippen molar-refractivity contribution in [3.8, 4) is 0 Å². The normalized spacial score (nSPS) is 12.1. The Bertz CT molecular complexity index is 1060. The van der Waals surface area contributed by atoms with Gasteiger partial charge in [0.15, 0.2) is 0 Å². The zero-order valence-electron chi connectivity index (χ0n) is 18.4. The van der Waals surface area contributed by atoms with Gasteiger partial charge < -0.3 is 15.4 Å². The highest BCUT2D eigenvalue weighted by molar-refractivity contribution is 7.89. The molecule has 0 fully saturated rings. The number of rotatable bonds is 11. The first-order chi connectivity index (χ1) is 15.6. The average Bonchev–Trinajstić information content (AvgIpc) is 2.77. The molecule has 0 aliphatic carbocycles. The molecule has 8 nitrogen and oxygen atoms in total. The molecule has 0 spiro atoms. The molecule has 2 aromatic rings. The summed E-state index contributed by atoms with van der Waals surface area (Å²) >= 11 is 11.9. The molecule has 33 heavy (non-hydrogen) atoms. The minimum absolute atomic E-state index is 0.0705. The number of hydrogen-bond acceptors (Lipinski definition) is 5. The Morgan fingerprint density at radius 2 is 1.73 bits per heavy atom. The molecule has 2 amide bonds. The SMILES string of the molecule is COC(=O)C(CCCCNC(=O)NCc1ccc(Cl)cc1Cl)NS(=O)(=O)c1ccc(C)cc1. The van der Waals surface area contributed by atoms with Crippen molar-refractivity contribution in [3.63, 3.8) is 0 Å². The lowest BCUT2D eigenvalue weighted by atomic mass is 10.1. The number of esters is 1. The Labute approximate surface area is 204 Å². The van der Waals surface area contributed by atoms with E-state index in [1.807, 2.05) is 6.92 Å². The fraction of sp³-hybridized carbons (Fsp3) is 0.364. The first-order valence-corrected chi connectivity index (χ1v) is 12.5. The van der Waals surface area contributed by atoms with Gasteiger partial charge >= 0.3 is 12.0 Å². The predicted molar refractivity (Wildman–Crippen MR) is 128 cm³/mol. The van der Waals surface area contributed by atoms with Crippen LogP contribution in [0, 0.1) is 6.92 Å². The Kier molecular flexibility index (Phi) is 10.4. The first kappa shape index (κ1) is 26.9. The summed E-state index contributed by atoms with van der Waals surface area (Å²) in [6.45, 7) is 2.44. The molecule has 0 aliphatic rings. The fourth-order valence-electron chi connectivity index (χ4n) is 2.92. The maximum absolute atomic E-state index is 12.6. The van der Waals surface area contributed by atoms with Crippen LogP contribution in [0.4, 0.5) is 4.79 Å². The standard InChI is InChI=1S/C22H27Cl2N3O5S/c1-15-6-10-18(11-7-15)33(30,31)27-20(21(28)32-2)5-3-4-12-25-22(29)26-14-16-8-9-17(23)13-19(16)24/h6-11,13,20,27H,3-5,12,14H2,1-2H3,(H2,25,26,29). The van der Waals surface area contributed by atoms with Crippen LogP contribution in [-0.2, 0) is 26.1 Å². The van der Waals surface area contributed by atoms with Gasteiger partial charge in [-0.05, 0) is 56.0 Å². The van der Waals surface area contributed by atoms with Gasteiger partial charge in [0.2, 0.25) is 10.0 Å². The first-order valence-electron chi connectivity index (χ1n) is 10.2. The fourth-order valence-corrected chi connectivity index (χ4v) is 4.61. The Morgan fingerprint density at radius 1 is 1.03 bits per heavy atom. The number of ether oxygens (including phenoxy) is 1. The number of nitrogens with one attached hydrogen (secondary N) is 3. The summed E-state index contributed by atoms with van der Waals surface area (Å²) in [5, 5.41) is 6.38. The van der Waals surface area contributed by atoms with Gasteiger partial charge in [0.25, 0.3) is 0 Å². The molecule has 0 aromatic heterocycles. The zero-order chi connectivity index (χ0) is 24.4. The summed E-state index contributed by atoms with van der Waals surface area (Å²) in [5.41, 5.74) is 1.66. The highest BCUT2D eigenvalue weighted by atomic mass is 35.5. The van der Waals surface area contributed by atoms with Crippen LogP contribution >= 0.6 is 23.2 Å². The number of carbonyl (C=O) groups excluding carboxylic acids is 2. The van der Waals surface area contributed by atoms with Crippen LogP contribution in [0.15, 0.2) is 47.4 Å². The maximum atomic E-state index is 12.6. The second-order valence-electron chi connectivity index (χ2n) is 7.35. The van der Waals surface area contributed by atoms with Gasteiger partial charge in [0, 0.05) is 23.1 Å². The van der Waals surface area contributed by atoms with E-state index in [2.05, 4.69) is 15.4 Å². The number of urea groups is 1. The summed E-state index contributed by atoms with van der Waals surface area (Å²) in [7, 11) is -2.67. The summed E-state index contributed by atoms with van der Waals surface area (Å²) < 4.78 is 32.3. The molecule has 1 unspecified atom stereocenters. The van der Waals surface area contributed by atoms with E-state index in [0.29, 0.717) is 29.4 Å². The number of aryl methyl sites for hydroxylation is 1. The third-order valence-electron chi connectivity index (χ3n) is 4.77. The van der Waals surface area contributed by atoms with Crippen molar-refractivity contribution < 1.29 is 22.7 Å². The molecule has 0 saturated carbocycles. The van der Waals surface area contributed by atoms with Gasteiger partial charge in [-0.3, -0.25) is 4.79 Å². The van der Waals surface area contributed by atoms with Crippen molar-refractivity contribution in [2.75, 3.05) is 13.7 Å². The lowest BCUT2D eigenvalue weighted by Gasteiger charge is -2.17. The zero-order valence-corrected chi connectivity index (χ0v) is 20.7. The quantitative estimate of drug-likeness (QED) is 0.311. The van der Waals surface area contributed by atoms with Crippen LogP contribution in [0.3, 0.4) is 0 Å². The Morgan fingerprint density at radius 3 is 2.36 bits per heavy atom. The second-order valence-corrected chi connectivity index (χ2v) is 9.91. The average molecular weight is 516 g/mol. The predicted octanol–water partition coefficient (Wildman–Crippen LogP) is 3.79. The van der Waals surface area contributed by atoms with Crippen LogP contribution in [0.5, 0.6) is 0 Å². The number of carbonyl (C=O) groups is 2. The second kappa shape index (κ2) is 12.8. The summed E-state index contributed by atoms with van der Waals surface area (Å²) in [6, 6.07) is 9.94. The Balaban J connectivity index is 1.78. The Hall–Kier alpha value is -2.33. The molecule has 0 radical (unpaired) electrons. The molecular weight excluding hydrogens is 489 g/mol. The molecule has 2 aromatic carbocycles. The van der Waals surface area contributed by atoms with Crippen molar-refractivity contribution >= 4 is 45.2 Å². The van der Waals surface area contributed by atoms with E-state index >= 15 is 0 Å². The van der Waals surface area contributed by atoms with Crippen molar-refractivity contribution in [2.24, 2.45) is 0 Å². The number of sulfonamides is 1. The number of methoxy groups -OCH3 is 1. The maximum Gasteiger partial charge on any atom is 0.323 e. The highest BCUT2D eigenvalue weighted by Crippen LogP contribution is 2.20. The molecule has 3 N–H and O–H groups in total. The topological polar surface area (TPSA) is 114 Å². The number of unbranched alkanes of at least 4 members (excludes halogenated alkanes) is 1. The van der Waals surface area contributed by atoms with Crippen LogP contribution < -0.4 is 15.4 Å². The van der Waals surface area contributed by atoms with Gasteiger partial charge in [-0.25, -0.2) is 13.2 Å². The lowest BCUT2D eigenvalue weighted by Crippen LogP contribution is -2.41. The van der Waals surface area contributed by atoms with Crippen LogP contribution in [0.25, 0.3) is 0 Å². The van der Waals surface area contributed by atoms with Crippen molar-refractivity contribution in [1.29, 1.82) is 0 Å². The van der Waals surface area contributed by atoms with Crippen molar-refractivity contribution in [3.05, 3.63) is 63.6 Å². The number of benzene rings is 2. The van der Waals surface area contributed by atoms with E-state index in [1.54, 1.807) is 30.3 Å².